The number of amides is 1. The van der Waals surface area contributed by atoms with Crippen molar-refractivity contribution in [3.8, 4) is 0 Å². The lowest BCUT2D eigenvalue weighted by Crippen LogP contribution is -2.41. The smallest absolute Gasteiger partial charge is 0.355 e. The summed E-state index contributed by atoms with van der Waals surface area (Å²) in [6.07, 6.45) is -0.368. The maximum atomic E-state index is 12.8. The number of aromatic amines is 1. The summed E-state index contributed by atoms with van der Waals surface area (Å²) in [6.45, 7) is -0.288. The van der Waals surface area contributed by atoms with Crippen molar-refractivity contribution >= 4 is 5.91 Å². The van der Waals surface area contributed by atoms with E-state index in [4.69, 9.17) is 0 Å². The fourth-order valence-electron chi connectivity index (χ4n) is 2.75. The third-order valence-electron chi connectivity index (χ3n) is 4.44. The molecule has 4 nitrogen and oxygen atoms in total. The lowest BCUT2D eigenvalue weighted by molar-refractivity contribution is -0.185. The van der Waals surface area contributed by atoms with Gasteiger partial charge in [0.15, 0.2) is 0 Å². The molecule has 1 atom stereocenters. The van der Waals surface area contributed by atoms with Crippen LogP contribution in [-0.2, 0) is 17.6 Å². The Balaban J connectivity index is 1.56. The first-order valence-electron chi connectivity index (χ1n) is 6.77. The van der Waals surface area contributed by atoms with Crippen LogP contribution in [0.1, 0.15) is 30.5 Å². The van der Waals surface area contributed by atoms with Gasteiger partial charge in [0.1, 0.15) is 0 Å². The van der Waals surface area contributed by atoms with Gasteiger partial charge < -0.3 is 5.32 Å². The van der Waals surface area contributed by atoms with E-state index in [9.17, 15) is 18.0 Å². The first-order valence-corrected chi connectivity index (χ1v) is 6.77. The number of carbonyl (C=O) groups is 1. The minimum absolute atomic E-state index is 0.118. The van der Waals surface area contributed by atoms with Crippen LogP contribution in [0, 0.1) is 11.3 Å². The molecule has 2 aliphatic rings. The Morgan fingerprint density at radius 1 is 1.50 bits per heavy atom. The number of H-pyrrole nitrogens is 1. The number of fused-ring (bicyclic) bond motifs is 1. The van der Waals surface area contributed by atoms with Gasteiger partial charge in [-0.25, -0.2) is 0 Å². The van der Waals surface area contributed by atoms with Crippen molar-refractivity contribution in [2.45, 2.75) is 38.3 Å². The van der Waals surface area contributed by atoms with E-state index in [-0.39, 0.29) is 31.2 Å². The Kier molecular flexibility index (Phi) is 3.02. The molecule has 2 N–H and O–H groups in total. The number of nitrogens with zero attached hydrogens (tertiary/aromatic N) is 1. The number of rotatable bonds is 3. The number of carbonyl (C=O) groups excluding carboxylic acids is 1. The average molecular weight is 287 g/mol. The second-order valence-corrected chi connectivity index (χ2v) is 5.81. The molecule has 1 amide bonds. The zero-order valence-electron chi connectivity index (χ0n) is 10.9. The summed E-state index contributed by atoms with van der Waals surface area (Å²) in [7, 11) is 0. The van der Waals surface area contributed by atoms with Crippen LogP contribution < -0.4 is 5.32 Å². The molecule has 7 heteroatoms. The Morgan fingerprint density at radius 2 is 2.25 bits per heavy atom. The van der Waals surface area contributed by atoms with Gasteiger partial charge in [0, 0.05) is 18.2 Å². The van der Waals surface area contributed by atoms with Crippen molar-refractivity contribution in [2.24, 2.45) is 11.3 Å². The largest absolute Gasteiger partial charge is 0.396 e. The van der Waals surface area contributed by atoms with Gasteiger partial charge in [-0.3, -0.25) is 9.89 Å². The molecule has 0 bridgehead atoms. The van der Waals surface area contributed by atoms with E-state index in [1.165, 1.54) is 0 Å². The van der Waals surface area contributed by atoms with Gasteiger partial charge in [0.2, 0.25) is 5.91 Å². The first-order chi connectivity index (χ1) is 9.41. The number of hydrogen-bond acceptors (Lipinski definition) is 2. The van der Waals surface area contributed by atoms with Crippen LogP contribution in [0.15, 0.2) is 6.20 Å². The topological polar surface area (TPSA) is 57.8 Å². The van der Waals surface area contributed by atoms with Crippen molar-refractivity contribution in [1.82, 2.24) is 15.5 Å². The van der Waals surface area contributed by atoms with E-state index in [1.54, 1.807) is 6.20 Å². The second kappa shape index (κ2) is 4.49. The third kappa shape index (κ3) is 2.29. The van der Waals surface area contributed by atoms with Crippen LogP contribution in [0.25, 0.3) is 0 Å². The minimum atomic E-state index is -4.22. The van der Waals surface area contributed by atoms with Gasteiger partial charge >= 0.3 is 6.18 Å². The summed E-state index contributed by atoms with van der Waals surface area (Å²) >= 11 is 0. The maximum Gasteiger partial charge on any atom is 0.396 e. The zero-order valence-corrected chi connectivity index (χ0v) is 10.9. The first kappa shape index (κ1) is 13.5. The highest BCUT2D eigenvalue weighted by Gasteiger charge is 2.63. The molecule has 0 aliphatic heterocycles. The maximum absolute atomic E-state index is 12.8. The molecule has 110 valence electrons. The van der Waals surface area contributed by atoms with Crippen molar-refractivity contribution in [3.05, 3.63) is 17.5 Å². The van der Waals surface area contributed by atoms with Crippen LogP contribution in [0.5, 0.6) is 0 Å². The summed E-state index contributed by atoms with van der Waals surface area (Å²) in [5.74, 6) is -0.517. The molecular formula is C13H16F3N3O. The number of halogens is 3. The van der Waals surface area contributed by atoms with Gasteiger partial charge in [-0.1, -0.05) is 0 Å². The minimum Gasteiger partial charge on any atom is -0.355 e. The Hall–Kier alpha value is -1.53. The van der Waals surface area contributed by atoms with E-state index in [0.29, 0.717) is 12.8 Å². The summed E-state index contributed by atoms with van der Waals surface area (Å²) in [4.78, 5) is 12.0. The van der Waals surface area contributed by atoms with Gasteiger partial charge in [-0.15, -0.1) is 0 Å². The highest BCUT2D eigenvalue weighted by atomic mass is 19.4. The van der Waals surface area contributed by atoms with E-state index in [1.807, 2.05) is 0 Å². The molecule has 2 aliphatic carbocycles. The Bertz CT molecular complexity index is 519. The lowest BCUT2D eigenvalue weighted by Gasteiger charge is -2.24. The lowest BCUT2D eigenvalue weighted by atomic mass is 9.87. The molecule has 0 unspecified atom stereocenters. The molecule has 0 aromatic carbocycles. The van der Waals surface area contributed by atoms with Crippen LogP contribution in [0.2, 0.25) is 0 Å². The number of aromatic nitrogens is 2. The highest BCUT2D eigenvalue weighted by molar-refractivity contribution is 5.79. The molecule has 1 aromatic heterocycles. The second-order valence-electron chi connectivity index (χ2n) is 5.81. The molecule has 0 saturated heterocycles. The average Bonchev–Trinajstić information content (AvgIpc) is 3.06. The molecular weight excluding hydrogens is 271 g/mol. The van der Waals surface area contributed by atoms with Gasteiger partial charge in [0.05, 0.1) is 11.6 Å². The number of aryl methyl sites for hydroxylation is 1. The molecule has 3 rings (SSSR count). The van der Waals surface area contributed by atoms with Gasteiger partial charge in [0.25, 0.3) is 0 Å². The van der Waals surface area contributed by atoms with Crippen LogP contribution in [0.3, 0.4) is 0 Å². The molecule has 1 fully saturated rings. The SMILES string of the molecule is O=C(NCC1(C(F)(F)F)CC1)[C@H]1CCc2[nH]ncc2C1. The number of alkyl halides is 3. The number of nitrogens with one attached hydrogen (secondary N) is 2. The van der Waals surface area contributed by atoms with E-state index < -0.39 is 11.6 Å². The zero-order chi connectivity index (χ0) is 14.4. The molecule has 0 radical (unpaired) electrons. The number of hydrogen-bond donors (Lipinski definition) is 2. The predicted octanol–water partition coefficient (Wildman–Crippen LogP) is 1.97. The van der Waals surface area contributed by atoms with Gasteiger partial charge in [-0.2, -0.15) is 18.3 Å². The predicted molar refractivity (Wildman–Crippen MR) is 64.8 cm³/mol. The molecule has 0 spiro atoms. The summed E-state index contributed by atoms with van der Waals surface area (Å²) in [6, 6.07) is 0. The summed E-state index contributed by atoms with van der Waals surface area (Å²) in [5, 5.41) is 9.29. The Morgan fingerprint density at radius 3 is 2.90 bits per heavy atom. The van der Waals surface area contributed by atoms with Crippen LogP contribution >= 0.6 is 0 Å². The summed E-state index contributed by atoms with van der Waals surface area (Å²) in [5.41, 5.74) is 0.356. The fourth-order valence-corrected chi connectivity index (χ4v) is 2.75. The fraction of sp³-hybridized carbons (Fsp3) is 0.692. The van der Waals surface area contributed by atoms with Gasteiger partial charge in [-0.05, 0) is 37.7 Å². The van der Waals surface area contributed by atoms with Crippen molar-refractivity contribution in [2.75, 3.05) is 6.54 Å². The third-order valence-corrected chi connectivity index (χ3v) is 4.44. The van der Waals surface area contributed by atoms with Crippen molar-refractivity contribution < 1.29 is 18.0 Å². The normalized spacial score (nSPS) is 24.1. The van der Waals surface area contributed by atoms with Crippen LogP contribution in [-0.4, -0.2) is 28.8 Å². The Labute approximate surface area is 114 Å². The molecule has 1 heterocycles. The van der Waals surface area contributed by atoms with E-state index in [2.05, 4.69) is 15.5 Å². The standard InChI is InChI=1S/C13H16F3N3O/c14-13(15,16)12(3-4-12)7-17-11(20)8-1-2-10-9(5-8)6-18-19-10/h6,8H,1-5,7H2,(H,17,20)(H,18,19)/t8-/m0/s1. The molecule has 1 aromatic rings. The highest BCUT2D eigenvalue weighted by Crippen LogP contribution is 2.57. The van der Waals surface area contributed by atoms with Crippen molar-refractivity contribution in [3.63, 3.8) is 0 Å². The van der Waals surface area contributed by atoms with E-state index >= 15 is 0 Å². The quantitative estimate of drug-likeness (QED) is 0.893. The van der Waals surface area contributed by atoms with Crippen LogP contribution in [0.4, 0.5) is 13.2 Å². The monoisotopic (exact) mass is 287 g/mol. The van der Waals surface area contributed by atoms with Crippen molar-refractivity contribution in [1.29, 1.82) is 0 Å². The molecule has 1 saturated carbocycles. The summed E-state index contributed by atoms with van der Waals surface area (Å²) < 4.78 is 38.3. The molecule has 20 heavy (non-hydrogen) atoms. The van der Waals surface area contributed by atoms with E-state index in [0.717, 1.165) is 17.7 Å².